The summed E-state index contributed by atoms with van der Waals surface area (Å²) < 4.78 is 5.02. The molecule has 2 aliphatic rings. The number of piperidine rings is 1. The van der Waals surface area contributed by atoms with Gasteiger partial charge in [0.1, 0.15) is 0 Å². The molecular weight excluding hydrogens is 463 g/mol. The Labute approximate surface area is 178 Å². The van der Waals surface area contributed by atoms with E-state index in [2.05, 4.69) is 15.2 Å². The highest BCUT2D eigenvalue weighted by Gasteiger charge is 2.23. The summed E-state index contributed by atoms with van der Waals surface area (Å²) in [7, 11) is 0. The van der Waals surface area contributed by atoms with Crippen molar-refractivity contribution in [2.24, 2.45) is 10.7 Å². The standard InChI is InChI=1S/C17H32N6O3.HI/c1-3-26-17(25)23-7-4-15(5-8-23)20-16(18)19-6-9-21-10-12-22(13-11-21)14(2)24;/h15H,3-13H2,1-2H3,(H3,18,19,20);1H. The molecule has 2 heterocycles. The number of nitrogens with one attached hydrogen (secondary N) is 1. The molecule has 0 radical (unpaired) electrons. The fourth-order valence-electron chi connectivity index (χ4n) is 3.27. The lowest BCUT2D eigenvalue weighted by Gasteiger charge is -2.34. The molecule has 2 amide bonds. The van der Waals surface area contributed by atoms with Crippen molar-refractivity contribution in [1.29, 1.82) is 0 Å². The number of ether oxygens (including phenoxy) is 1. The molecule has 0 bridgehead atoms. The van der Waals surface area contributed by atoms with Gasteiger partial charge in [0, 0.05) is 58.8 Å². The van der Waals surface area contributed by atoms with Crippen molar-refractivity contribution in [3.63, 3.8) is 0 Å². The average molecular weight is 496 g/mol. The van der Waals surface area contributed by atoms with Crippen LogP contribution >= 0.6 is 24.0 Å². The van der Waals surface area contributed by atoms with Crippen LogP contribution in [0.1, 0.15) is 26.7 Å². The first-order chi connectivity index (χ1) is 12.5. The van der Waals surface area contributed by atoms with Crippen LogP contribution in [0.25, 0.3) is 0 Å². The average Bonchev–Trinajstić information content (AvgIpc) is 2.63. The van der Waals surface area contributed by atoms with Gasteiger partial charge in [-0.1, -0.05) is 0 Å². The number of amides is 2. The Morgan fingerprint density at radius 2 is 1.74 bits per heavy atom. The first-order valence-electron chi connectivity index (χ1n) is 9.45. The predicted molar refractivity (Wildman–Crippen MR) is 115 cm³/mol. The largest absolute Gasteiger partial charge is 0.450 e. The van der Waals surface area contributed by atoms with E-state index in [0.717, 1.165) is 45.6 Å². The van der Waals surface area contributed by atoms with Gasteiger partial charge in [0.25, 0.3) is 0 Å². The van der Waals surface area contributed by atoms with Crippen LogP contribution in [0.3, 0.4) is 0 Å². The lowest BCUT2D eigenvalue weighted by atomic mass is 10.1. The van der Waals surface area contributed by atoms with E-state index in [1.54, 1.807) is 11.8 Å². The highest BCUT2D eigenvalue weighted by molar-refractivity contribution is 14.0. The zero-order valence-electron chi connectivity index (χ0n) is 16.4. The number of piperazine rings is 1. The Morgan fingerprint density at radius 3 is 2.30 bits per heavy atom. The van der Waals surface area contributed by atoms with Crippen molar-refractivity contribution in [2.45, 2.75) is 32.7 Å². The lowest BCUT2D eigenvalue weighted by Crippen LogP contribution is -2.49. The number of carbonyl (C=O) groups is 2. The molecule has 156 valence electrons. The second-order valence-corrected chi connectivity index (χ2v) is 6.72. The van der Waals surface area contributed by atoms with Gasteiger partial charge < -0.3 is 25.6 Å². The van der Waals surface area contributed by atoms with Gasteiger partial charge in [0.2, 0.25) is 5.91 Å². The maximum Gasteiger partial charge on any atom is 0.409 e. The van der Waals surface area contributed by atoms with E-state index in [-0.39, 0.29) is 42.0 Å². The van der Waals surface area contributed by atoms with Gasteiger partial charge in [0.15, 0.2) is 5.96 Å². The van der Waals surface area contributed by atoms with Crippen molar-refractivity contribution < 1.29 is 14.3 Å². The molecule has 0 aliphatic carbocycles. The van der Waals surface area contributed by atoms with Gasteiger partial charge in [-0.2, -0.15) is 0 Å². The molecule has 27 heavy (non-hydrogen) atoms. The molecule has 2 rings (SSSR count). The molecule has 9 nitrogen and oxygen atoms in total. The van der Waals surface area contributed by atoms with E-state index in [4.69, 9.17) is 10.5 Å². The summed E-state index contributed by atoms with van der Waals surface area (Å²) in [5, 5.41) is 3.25. The summed E-state index contributed by atoms with van der Waals surface area (Å²) in [6.45, 7) is 9.99. The van der Waals surface area contributed by atoms with E-state index in [9.17, 15) is 9.59 Å². The molecule has 0 aromatic carbocycles. The van der Waals surface area contributed by atoms with E-state index in [0.29, 0.717) is 32.2 Å². The summed E-state index contributed by atoms with van der Waals surface area (Å²) in [5.74, 6) is 0.604. The van der Waals surface area contributed by atoms with Crippen LogP contribution < -0.4 is 11.1 Å². The molecule has 0 unspecified atom stereocenters. The molecule has 2 fully saturated rings. The summed E-state index contributed by atoms with van der Waals surface area (Å²) in [6, 6.07) is 0.239. The number of aliphatic imine (C=N–C) groups is 1. The third-order valence-corrected chi connectivity index (χ3v) is 4.89. The van der Waals surface area contributed by atoms with Crippen molar-refractivity contribution >= 4 is 41.9 Å². The SMILES string of the molecule is CCOC(=O)N1CCC(NC(N)=NCCN2CCN(C(C)=O)CC2)CC1.I. The summed E-state index contributed by atoms with van der Waals surface area (Å²) in [5.41, 5.74) is 5.99. The number of nitrogens with zero attached hydrogens (tertiary/aromatic N) is 4. The monoisotopic (exact) mass is 496 g/mol. The van der Waals surface area contributed by atoms with Crippen LogP contribution in [0.2, 0.25) is 0 Å². The Morgan fingerprint density at radius 1 is 1.11 bits per heavy atom. The van der Waals surface area contributed by atoms with Gasteiger partial charge in [-0.15, -0.1) is 24.0 Å². The van der Waals surface area contributed by atoms with Crippen molar-refractivity contribution in [3.8, 4) is 0 Å². The molecule has 0 saturated carbocycles. The molecule has 0 spiro atoms. The highest BCUT2D eigenvalue weighted by atomic mass is 127. The molecule has 2 aliphatic heterocycles. The quantitative estimate of drug-likeness (QED) is 0.323. The number of rotatable bonds is 5. The Kier molecular flexibility index (Phi) is 10.7. The number of carbonyl (C=O) groups excluding carboxylic acids is 2. The summed E-state index contributed by atoms with van der Waals surface area (Å²) >= 11 is 0. The minimum atomic E-state index is -0.238. The van der Waals surface area contributed by atoms with Crippen LogP contribution in [-0.2, 0) is 9.53 Å². The van der Waals surface area contributed by atoms with Crippen LogP contribution in [0.5, 0.6) is 0 Å². The predicted octanol–water partition coefficient (Wildman–Crippen LogP) is 0.294. The van der Waals surface area contributed by atoms with E-state index in [1.165, 1.54) is 0 Å². The fraction of sp³-hybridized carbons (Fsp3) is 0.824. The van der Waals surface area contributed by atoms with Crippen molar-refractivity contribution in [2.75, 3.05) is 59.0 Å². The molecule has 10 heteroatoms. The smallest absolute Gasteiger partial charge is 0.409 e. The number of likely N-dealkylation sites (tertiary alicyclic amines) is 1. The molecular formula is C17H33IN6O3. The van der Waals surface area contributed by atoms with Crippen LogP contribution in [0, 0.1) is 0 Å². The van der Waals surface area contributed by atoms with E-state index < -0.39 is 0 Å². The zero-order valence-corrected chi connectivity index (χ0v) is 18.7. The highest BCUT2D eigenvalue weighted by Crippen LogP contribution is 2.11. The number of hydrogen-bond acceptors (Lipinski definition) is 5. The topological polar surface area (TPSA) is 104 Å². The van der Waals surface area contributed by atoms with Gasteiger partial charge >= 0.3 is 6.09 Å². The first kappa shape index (κ1) is 23.7. The normalized spacial score (nSPS) is 19.4. The zero-order chi connectivity index (χ0) is 18.9. The number of guanidine groups is 1. The first-order valence-corrected chi connectivity index (χ1v) is 9.45. The van der Waals surface area contributed by atoms with Crippen molar-refractivity contribution in [3.05, 3.63) is 0 Å². The van der Waals surface area contributed by atoms with Gasteiger partial charge in [-0.05, 0) is 19.8 Å². The van der Waals surface area contributed by atoms with Gasteiger partial charge in [-0.25, -0.2) is 4.79 Å². The summed E-state index contributed by atoms with van der Waals surface area (Å²) in [6.07, 6.45) is 1.43. The Balaban J connectivity index is 0.00000364. The maximum absolute atomic E-state index is 11.7. The third kappa shape index (κ3) is 8.08. The Hall–Kier alpha value is -1.30. The maximum atomic E-state index is 11.7. The second-order valence-electron chi connectivity index (χ2n) is 6.72. The molecule has 0 atom stereocenters. The van der Waals surface area contributed by atoms with E-state index in [1.807, 2.05) is 11.8 Å². The third-order valence-electron chi connectivity index (χ3n) is 4.89. The van der Waals surface area contributed by atoms with Gasteiger partial charge in [0.05, 0.1) is 13.2 Å². The number of halogens is 1. The fourth-order valence-corrected chi connectivity index (χ4v) is 3.27. The molecule has 0 aromatic rings. The summed E-state index contributed by atoms with van der Waals surface area (Å²) in [4.78, 5) is 33.3. The molecule has 0 aromatic heterocycles. The number of hydrogen-bond donors (Lipinski definition) is 2. The van der Waals surface area contributed by atoms with Crippen LogP contribution in [0.15, 0.2) is 4.99 Å². The number of nitrogens with two attached hydrogens (primary N) is 1. The molecule has 3 N–H and O–H groups in total. The van der Waals surface area contributed by atoms with E-state index >= 15 is 0 Å². The van der Waals surface area contributed by atoms with Crippen LogP contribution in [-0.4, -0.2) is 97.7 Å². The molecule has 2 saturated heterocycles. The van der Waals surface area contributed by atoms with Crippen molar-refractivity contribution in [1.82, 2.24) is 20.0 Å². The van der Waals surface area contributed by atoms with Gasteiger partial charge in [-0.3, -0.25) is 14.7 Å². The minimum Gasteiger partial charge on any atom is -0.450 e. The minimum absolute atomic E-state index is 0. The lowest BCUT2D eigenvalue weighted by molar-refractivity contribution is -0.130. The second kappa shape index (κ2) is 12.2. The van der Waals surface area contributed by atoms with Crippen LogP contribution in [0.4, 0.5) is 4.79 Å². The Bertz CT molecular complexity index is 503.